The highest BCUT2D eigenvalue weighted by Gasteiger charge is 2.44. The second-order valence-electron chi connectivity index (χ2n) is 5.05. The zero-order valence-corrected chi connectivity index (χ0v) is 11.7. The van der Waals surface area contributed by atoms with Gasteiger partial charge in [-0.15, -0.1) is 0 Å². The van der Waals surface area contributed by atoms with E-state index in [4.69, 9.17) is 20.3 Å². The van der Waals surface area contributed by atoms with Crippen molar-refractivity contribution in [3.8, 4) is 0 Å². The number of anilines is 1. The number of hydrogen-bond donors (Lipinski definition) is 2. The highest BCUT2D eigenvalue weighted by atomic mass is 32.2. The van der Waals surface area contributed by atoms with Crippen LogP contribution >= 0.6 is 0 Å². The molecule has 0 aliphatic carbocycles. The largest absolute Gasteiger partial charge is 0.398 e. The van der Waals surface area contributed by atoms with Crippen molar-refractivity contribution in [1.29, 1.82) is 0 Å². The molecule has 0 bridgehead atoms. The number of para-hydroxylation sites is 1. The molecule has 0 aromatic heterocycles. The maximum absolute atomic E-state index is 11.3. The molecule has 0 amide bonds. The maximum atomic E-state index is 11.3. The summed E-state index contributed by atoms with van der Waals surface area (Å²) in [5.41, 5.74) is 7.14. The van der Waals surface area contributed by atoms with Gasteiger partial charge in [0, 0.05) is 11.3 Å². The van der Waals surface area contributed by atoms with Gasteiger partial charge in [-0.25, -0.2) is 13.6 Å². The molecule has 19 heavy (non-hydrogen) atoms. The predicted octanol–water partition coefficient (Wildman–Crippen LogP) is 0.750. The highest BCUT2D eigenvalue weighted by Crippen LogP contribution is 2.40. The van der Waals surface area contributed by atoms with Crippen LogP contribution in [0.1, 0.15) is 25.5 Å². The molecule has 7 heteroatoms. The van der Waals surface area contributed by atoms with E-state index in [1.807, 2.05) is 6.07 Å². The summed E-state index contributed by atoms with van der Waals surface area (Å²) in [5, 5.41) is 5.09. The summed E-state index contributed by atoms with van der Waals surface area (Å²) < 4.78 is 33.9. The Morgan fingerprint density at radius 1 is 1.26 bits per heavy atom. The molecule has 106 valence electrons. The lowest BCUT2D eigenvalue weighted by Gasteiger charge is -2.18. The van der Waals surface area contributed by atoms with Gasteiger partial charge in [0.15, 0.2) is 5.79 Å². The van der Waals surface area contributed by atoms with Gasteiger partial charge in [0.2, 0.25) is 10.0 Å². The minimum atomic E-state index is -3.66. The molecule has 2 rings (SSSR count). The van der Waals surface area contributed by atoms with Crippen LogP contribution in [0.25, 0.3) is 0 Å². The number of ether oxygens (including phenoxy) is 2. The van der Waals surface area contributed by atoms with Crippen molar-refractivity contribution in [3.63, 3.8) is 0 Å². The monoisotopic (exact) mass is 286 g/mol. The molecule has 0 unspecified atom stereocenters. The van der Waals surface area contributed by atoms with E-state index < -0.39 is 28.0 Å². The third kappa shape index (κ3) is 3.44. The Kier molecular flexibility index (Phi) is 3.57. The minimum Gasteiger partial charge on any atom is -0.398 e. The third-order valence-corrected chi connectivity index (χ3v) is 3.68. The van der Waals surface area contributed by atoms with Crippen molar-refractivity contribution >= 4 is 15.7 Å². The highest BCUT2D eigenvalue weighted by molar-refractivity contribution is 7.89. The van der Waals surface area contributed by atoms with Crippen LogP contribution in [0.5, 0.6) is 0 Å². The first-order valence-corrected chi connectivity index (χ1v) is 7.60. The van der Waals surface area contributed by atoms with Crippen molar-refractivity contribution in [2.45, 2.75) is 31.8 Å². The lowest BCUT2D eigenvalue weighted by molar-refractivity contribution is -0.145. The van der Waals surface area contributed by atoms with E-state index in [2.05, 4.69) is 0 Å². The van der Waals surface area contributed by atoms with Crippen molar-refractivity contribution in [2.24, 2.45) is 5.14 Å². The number of sulfonamides is 1. The second kappa shape index (κ2) is 4.75. The van der Waals surface area contributed by atoms with Crippen LogP contribution in [-0.2, 0) is 19.5 Å². The molecule has 1 saturated heterocycles. The Balaban J connectivity index is 2.34. The third-order valence-electron chi connectivity index (χ3n) is 2.88. The van der Waals surface area contributed by atoms with E-state index >= 15 is 0 Å². The minimum absolute atomic E-state index is 0.310. The molecule has 1 fully saturated rings. The van der Waals surface area contributed by atoms with Crippen LogP contribution in [-0.4, -0.2) is 26.1 Å². The Hall–Kier alpha value is -1.15. The molecule has 1 aromatic rings. The molecular weight excluding hydrogens is 268 g/mol. The Morgan fingerprint density at radius 2 is 1.89 bits per heavy atom. The van der Waals surface area contributed by atoms with Gasteiger partial charge in [0.1, 0.15) is 12.2 Å². The topological polar surface area (TPSA) is 105 Å². The standard InChI is InChI=1S/C12H18N2O4S/c1-12(2)17-10(7-19(14,15)16)11(18-12)8-5-3-4-6-9(8)13/h3-6,10-11H,7,13H2,1-2H3,(H2,14,15,16)/t10-,11+/m0/s1. The first-order chi connectivity index (χ1) is 8.68. The van der Waals surface area contributed by atoms with Gasteiger partial charge in [-0.1, -0.05) is 18.2 Å². The van der Waals surface area contributed by atoms with Crippen molar-refractivity contribution in [2.75, 3.05) is 11.5 Å². The quantitative estimate of drug-likeness (QED) is 0.798. The zero-order valence-electron chi connectivity index (χ0n) is 10.9. The van der Waals surface area contributed by atoms with Crippen LogP contribution in [0.3, 0.4) is 0 Å². The van der Waals surface area contributed by atoms with Gasteiger partial charge in [0.25, 0.3) is 0 Å². The lowest BCUT2D eigenvalue weighted by Crippen LogP contribution is -2.31. The molecule has 4 N–H and O–H groups in total. The molecule has 0 radical (unpaired) electrons. The van der Waals surface area contributed by atoms with Crippen molar-refractivity contribution in [3.05, 3.63) is 29.8 Å². The van der Waals surface area contributed by atoms with Gasteiger partial charge in [0.05, 0.1) is 5.75 Å². The summed E-state index contributed by atoms with van der Waals surface area (Å²) in [6.45, 7) is 3.45. The summed E-state index contributed by atoms with van der Waals surface area (Å²) in [6, 6.07) is 7.14. The van der Waals surface area contributed by atoms with Gasteiger partial charge in [-0.05, 0) is 19.9 Å². The van der Waals surface area contributed by atoms with Crippen molar-refractivity contribution < 1.29 is 17.9 Å². The molecule has 0 spiro atoms. The number of rotatable bonds is 3. The molecule has 0 saturated carbocycles. The molecule has 1 aromatic carbocycles. The molecule has 6 nitrogen and oxygen atoms in total. The Bertz CT molecular complexity index is 571. The molecule has 1 aliphatic rings. The number of primary sulfonamides is 1. The average molecular weight is 286 g/mol. The van der Waals surface area contributed by atoms with E-state index in [1.54, 1.807) is 32.0 Å². The van der Waals surface area contributed by atoms with E-state index in [0.29, 0.717) is 11.3 Å². The second-order valence-corrected chi connectivity index (χ2v) is 6.71. The number of nitrogens with two attached hydrogens (primary N) is 2. The smallest absolute Gasteiger partial charge is 0.211 e. The van der Waals surface area contributed by atoms with Crippen molar-refractivity contribution in [1.82, 2.24) is 0 Å². The summed E-state index contributed by atoms with van der Waals surface area (Å²) in [5.74, 6) is -1.18. The molecule has 1 heterocycles. The number of nitrogen functional groups attached to an aromatic ring is 1. The van der Waals surface area contributed by atoms with Crippen LogP contribution in [0.15, 0.2) is 24.3 Å². The Labute approximate surface area is 112 Å². The summed E-state index contributed by atoms with van der Waals surface area (Å²) >= 11 is 0. The fourth-order valence-electron chi connectivity index (χ4n) is 2.22. The Morgan fingerprint density at radius 3 is 2.47 bits per heavy atom. The molecular formula is C12H18N2O4S. The zero-order chi connectivity index (χ0) is 14.3. The fourth-order valence-corrected chi connectivity index (χ4v) is 2.92. The SMILES string of the molecule is CC1(C)O[C@@H](CS(N)(=O)=O)[C@@H](c2ccccc2N)O1. The maximum Gasteiger partial charge on any atom is 0.211 e. The van der Waals surface area contributed by atoms with Crippen LogP contribution in [0.2, 0.25) is 0 Å². The van der Waals surface area contributed by atoms with Gasteiger partial charge < -0.3 is 15.2 Å². The number of benzene rings is 1. The first kappa shape index (κ1) is 14.3. The van der Waals surface area contributed by atoms with E-state index in [9.17, 15) is 8.42 Å². The first-order valence-electron chi connectivity index (χ1n) is 5.88. The fraction of sp³-hybridized carbons (Fsp3) is 0.500. The summed E-state index contributed by atoms with van der Waals surface area (Å²) in [7, 11) is -3.66. The summed E-state index contributed by atoms with van der Waals surface area (Å²) in [6.07, 6.45) is -1.22. The van der Waals surface area contributed by atoms with Crippen LogP contribution < -0.4 is 10.9 Å². The van der Waals surface area contributed by atoms with E-state index in [0.717, 1.165) is 0 Å². The van der Waals surface area contributed by atoms with Crippen LogP contribution in [0.4, 0.5) is 5.69 Å². The predicted molar refractivity (Wildman–Crippen MR) is 71.6 cm³/mol. The normalized spacial score (nSPS) is 26.5. The van der Waals surface area contributed by atoms with Gasteiger partial charge in [-0.2, -0.15) is 0 Å². The molecule has 1 aliphatic heterocycles. The molecule has 2 atom stereocenters. The summed E-state index contributed by atoms with van der Waals surface area (Å²) in [4.78, 5) is 0. The van der Waals surface area contributed by atoms with E-state index in [-0.39, 0.29) is 5.75 Å². The van der Waals surface area contributed by atoms with Gasteiger partial charge in [-0.3, -0.25) is 0 Å². The average Bonchev–Trinajstić information content (AvgIpc) is 2.51. The lowest BCUT2D eigenvalue weighted by atomic mass is 10.0. The van der Waals surface area contributed by atoms with Crippen LogP contribution in [0, 0.1) is 0 Å². The van der Waals surface area contributed by atoms with E-state index in [1.165, 1.54) is 0 Å². The number of hydrogen-bond acceptors (Lipinski definition) is 5. The van der Waals surface area contributed by atoms with Gasteiger partial charge >= 0.3 is 0 Å².